The van der Waals surface area contributed by atoms with Crippen molar-refractivity contribution in [1.82, 2.24) is 9.97 Å². The Morgan fingerprint density at radius 2 is 0.863 bits per heavy atom. The van der Waals surface area contributed by atoms with Crippen LogP contribution >= 0.6 is 23.2 Å². The third-order valence-electron chi connectivity index (χ3n) is 7.20. The molecule has 0 aliphatic carbocycles. The molecule has 0 amide bonds. The quantitative estimate of drug-likeness (QED) is 0.203. The molecule has 0 bridgehead atoms. The van der Waals surface area contributed by atoms with Gasteiger partial charge < -0.3 is 28.7 Å². The first kappa shape index (κ1) is 41.4. The number of nitrogens with zero attached hydrogens (tertiary/aromatic N) is 4. The van der Waals surface area contributed by atoms with Gasteiger partial charge in [0.05, 0.1) is 41.0 Å². The second kappa shape index (κ2) is 18.4. The molecule has 5 rings (SSSR count). The Bertz CT molecular complexity index is 1780. The van der Waals surface area contributed by atoms with E-state index in [1.165, 1.54) is 0 Å². The van der Waals surface area contributed by atoms with Crippen LogP contribution < -0.4 is 28.7 Å². The lowest BCUT2D eigenvalue weighted by Crippen LogP contribution is -2.31. The van der Waals surface area contributed by atoms with Gasteiger partial charge in [-0.05, 0) is 66.1 Å². The number of aromatic nitrogens is 2. The lowest BCUT2D eigenvalue weighted by Gasteiger charge is -2.23. The number of anilines is 2. The van der Waals surface area contributed by atoms with Crippen LogP contribution in [0, 0.1) is 0 Å². The highest BCUT2D eigenvalue weighted by molar-refractivity contribution is 7.85. The zero-order valence-corrected chi connectivity index (χ0v) is 32.0. The molecule has 2 aromatic heterocycles. The SMILES string of the molecule is COc1cc(-c2ccc(N3CCCN(c4ccc(-c5cc(OC)c(Cl)c(OC)c5)cn4)CC3)nc2)cc(OC)c1Cl.CS(=O)(=O)O.CS(=O)(=O)O. The Hall–Kier alpha value is -4.06. The van der Waals surface area contributed by atoms with Gasteiger partial charge in [0.25, 0.3) is 20.2 Å². The first-order valence-corrected chi connectivity index (χ1v) is 19.5. The fraction of sp³-hybridized carbons (Fsp3) is 0.333. The molecule has 0 atom stereocenters. The van der Waals surface area contributed by atoms with Crippen LogP contribution in [0.2, 0.25) is 10.0 Å². The van der Waals surface area contributed by atoms with Gasteiger partial charge in [-0.1, -0.05) is 23.2 Å². The van der Waals surface area contributed by atoms with E-state index in [2.05, 4.69) is 34.1 Å². The van der Waals surface area contributed by atoms with Crippen molar-refractivity contribution in [3.8, 4) is 45.3 Å². The summed E-state index contributed by atoms with van der Waals surface area (Å²) in [6, 6.07) is 15.8. The predicted molar refractivity (Wildman–Crippen MR) is 200 cm³/mol. The Labute approximate surface area is 308 Å². The zero-order valence-electron chi connectivity index (χ0n) is 28.8. The number of benzene rings is 2. The van der Waals surface area contributed by atoms with E-state index in [0.717, 1.165) is 66.5 Å². The minimum absolute atomic E-state index is 0.451. The number of hydrogen-bond acceptors (Lipinski definition) is 12. The van der Waals surface area contributed by atoms with Crippen LogP contribution in [0.3, 0.4) is 0 Å². The topological polar surface area (TPSA) is 178 Å². The van der Waals surface area contributed by atoms with Crippen molar-refractivity contribution in [3.63, 3.8) is 0 Å². The van der Waals surface area contributed by atoms with Gasteiger partial charge in [-0.2, -0.15) is 16.8 Å². The van der Waals surface area contributed by atoms with E-state index in [1.54, 1.807) is 28.4 Å². The van der Waals surface area contributed by atoms with E-state index in [1.807, 2.05) is 36.7 Å². The third-order valence-corrected chi connectivity index (χ3v) is 7.94. The largest absolute Gasteiger partial charge is 0.495 e. The number of pyridine rings is 2. The average Bonchev–Trinajstić information content (AvgIpc) is 3.34. The van der Waals surface area contributed by atoms with Crippen LogP contribution in [0.1, 0.15) is 6.42 Å². The summed E-state index contributed by atoms with van der Waals surface area (Å²) in [7, 11) is -0.973. The molecule has 0 radical (unpaired) electrons. The maximum atomic E-state index is 9.19. The molecule has 2 aromatic carbocycles. The lowest BCUT2D eigenvalue weighted by atomic mass is 10.1. The molecule has 51 heavy (non-hydrogen) atoms. The van der Waals surface area contributed by atoms with Crippen LogP contribution in [0.15, 0.2) is 60.9 Å². The summed E-state index contributed by atoms with van der Waals surface area (Å²) < 4.78 is 73.4. The Kier molecular flexibility index (Phi) is 15.0. The fourth-order valence-corrected chi connectivity index (χ4v) is 5.46. The molecule has 278 valence electrons. The zero-order chi connectivity index (χ0) is 37.9. The van der Waals surface area contributed by atoms with Crippen LogP contribution in [0.4, 0.5) is 11.6 Å². The van der Waals surface area contributed by atoms with Gasteiger partial charge in [0.1, 0.15) is 44.7 Å². The first-order valence-electron chi connectivity index (χ1n) is 15.1. The summed E-state index contributed by atoms with van der Waals surface area (Å²) in [4.78, 5) is 14.2. The molecule has 1 aliphatic heterocycles. The fourth-order valence-electron chi connectivity index (χ4n) is 4.94. The van der Waals surface area contributed by atoms with Crippen molar-refractivity contribution in [3.05, 3.63) is 71.0 Å². The van der Waals surface area contributed by atoms with Gasteiger partial charge in [0, 0.05) is 49.7 Å². The van der Waals surface area contributed by atoms with Crippen molar-refractivity contribution < 1.29 is 44.9 Å². The monoisotopic (exact) mass is 786 g/mol. The molecule has 2 N–H and O–H groups in total. The standard InChI is InChI=1S/C31H32Cl2N4O4.2CH4O3S/c1-38-24-14-22(15-25(39-2)30(24)32)20-6-8-28(34-18-20)36-10-5-11-37(13-12-36)29-9-7-21(19-35-29)23-16-26(40-3)31(33)27(17-23)41-4;2*1-5(2,3)4/h6-9,14-19H,5,10-13H2,1-4H3;2*1H3,(H,2,3,4). The summed E-state index contributed by atoms with van der Waals surface area (Å²) >= 11 is 12.7. The van der Waals surface area contributed by atoms with E-state index in [0.29, 0.717) is 45.6 Å². The summed E-state index contributed by atoms with van der Waals surface area (Å²) in [6.45, 7) is 3.50. The minimum Gasteiger partial charge on any atom is -0.495 e. The van der Waals surface area contributed by atoms with Crippen LogP contribution in [0.25, 0.3) is 22.3 Å². The molecule has 1 fully saturated rings. The van der Waals surface area contributed by atoms with E-state index in [-0.39, 0.29) is 0 Å². The molecule has 18 heteroatoms. The summed E-state index contributed by atoms with van der Waals surface area (Å²) in [5, 5.41) is 0.902. The normalized spacial score (nSPS) is 13.1. The third kappa shape index (κ3) is 12.9. The average molecular weight is 788 g/mol. The molecular formula is C33H40Cl2N4O10S2. The summed E-state index contributed by atoms with van der Waals surface area (Å²) in [6.07, 6.45) is 6.17. The van der Waals surface area contributed by atoms with Gasteiger partial charge in [-0.25, -0.2) is 9.97 Å². The summed E-state index contributed by atoms with van der Waals surface area (Å²) in [5.41, 5.74) is 3.76. The molecule has 4 aromatic rings. The van der Waals surface area contributed by atoms with E-state index in [9.17, 15) is 16.8 Å². The van der Waals surface area contributed by atoms with E-state index >= 15 is 0 Å². The van der Waals surface area contributed by atoms with Gasteiger partial charge >= 0.3 is 0 Å². The Morgan fingerprint density at radius 3 is 1.10 bits per heavy atom. The molecule has 3 heterocycles. The van der Waals surface area contributed by atoms with Crippen LogP contribution in [-0.2, 0) is 20.2 Å². The van der Waals surface area contributed by atoms with Gasteiger partial charge in [-0.15, -0.1) is 0 Å². The van der Waals surface area contributed by atoms with Crippen molar-refractivity contribution >= 4 is 55.1 Å². The Morgan fingerprint density at radius 1 is 0.569 bits per heavy atom. The van der Waals surface area contributed by atoms with E-state index in [4.69, 9.17) is 61.2 Å². The molecular weight excluding hydrogens is 747 g/mol. The number of halogens is 2. The number of hydrogen-bond donors (Lipinski definition) is 2. The number of rotatable bonds is 8. The molecule has 0 saturated carbocycles. The second-order valence-corrected chi connectivity index (χ2v) is 14.7. The second-order valence-electron chi connectivity index (χ2n) is 11.0. The van der Waals surface area contributed by atoms with Crippen molar-refractivity contribution in [1.29, 1.82) is 0 Å². The molecule has 0 unspecified atom stereocenters. The lowest BCUT2D eigenvalue weighted by molar-refractivity contribution is 0.395. The number of ether oxygens (including phenoxy) is 4. The summed E-state index contributed by atoms with van der Waals surface area (Å²) in [5.74, 6) is 4.13. The highest BCUT2D eigenvalue weighted by Gasteiger charge is 2.19. The van der Waals surface area contributed by atoms with Gasteiger partial charge in [-0.3, -0.25) is 9.11 Å². The van der Waals surface area contributed by atoms with Gasteiger partial charge in [0.15, 0.2) is 0 Å². The van der Waals surface area contributed by atoms with Crippen molar-refractivity contribution in [2.24, 2.45) is 0 Å². The predicted octanol–water partition coefficient (Wildman–Crippen LogP) is 5.88. The smallest absolute Gasteiger partial charge is 0.261 e. The number of methoxy groups -OCH3 is 4. The first-order chi connectivity index (χ1) is 23.9. The highest BCUT2D eigenvalue weighted by Crippen LogP contribution is 2.40. The molecule has 0 spiro atoms. The maximum Gasteiger partial charge on any atom is 0.261 e. The van der Waals surface area contributed by atoms with Crippen molar-refractivity contribution in [2.45, 2.75) is 6.42 Å². The van der Waals surface area contributed by atoms with Crippen LogP contribution in [0.5, 0.6) is 23.0 Å². The van der Waals surface area contributed by atoms with Crippen LogP contribution in [-0.4, -0.2) is 103 Å². The highest BCUT2D eigenvalue weighted by atomic mass is 35.5. The Balaban J connectivity index is 0.000000619. The van der Waals surface area contributed by atoms with Gasteiger partial charge in [0.2, 0.25) is 0 Å². The van der Waals surface area contributed by atoms with E-state index < -0.39 is 20.2 Å². The van der Waals surface area contributed by atoms with Crippen molar-refractivity contribution in [2.75, 3.05) is 76.9 Å². The minimum atomic E-state index is -3.67. The molecule has 14 nitrogen and oxygen atoms in total. The molecule has 1 saturated heterocycles. The molecule has 1 aliphatic rings. The maximum absolute atomic E-state index is 9.19.